The van der Waals surface area contributed by atoms with Gasteiger partial charge in [0, 0.05) is 42.7 Å². The molecule has 0 unspecified atom stereocenters. The largest absolute Gasteiger partial charge is 0.337 e. The molecule has 1 saturated heterocycles. The van der Waals surface area contributed by atoms with Crippen LogP contribution in [0.25, 0.3) is 0 Å². The summed E-state index contributed by atoms with van der Waals surface area (Å²) in [5.41, 5.74) is 1.27. The summed E-state index contributed by atoms with van der Waals surface area (Å²) in [5.74, 6) is 1.15. The highest BCUT2D eigenvalue weighted by Crippen LogP contribution is 2.19. The molecular formula is C15H22N2OS. The van der Waals surface area contributed by atoms with Gasteiger partial charge in [-0.3, -0.25) is 4.79 Å². The van der Waals surface area contributed by atoms with Gasteiger partial charge >= 0.3 is 0 Å². The van der Waals surface area contributed by atoms with E-state index < -0.39 is 0 Å². The van der Waals surface area contributed by atoms with E-state index in [0.717, 1.165) is 25.4 Å². The molecule has 1 aliphatic rings. The van der Waals surface area contributed by atoms with E-state index in [9.17, 15) is 4.79 Å². The standard InChI is InChI=1S/C15H22N2OS/c1-12-3-5-14(6-4-12)19-10-7-15(18)17-9-8-16-11-13(17)2/h3-6,13,16H,7-11H2,1-2H3/t13-/m1/s1. The molecule has 1 aromatic rings. The summed E-state index contributed by atoms with van der Waals surface area (Å²) < 4.78 is 0. The second kappa shape index (κ2) is 6.96. The van der Waals surface area contributed by atoms with Crippen LogP contribution < -0.4 is 5.32 Å². The van der Waals surface area contributed by atoms with Crippen LogP contribution in [0.15, 0.2) is 29.2 Å². The average molecular weight is 278 g/mol. The average Bonchev–Trinajstić information content (AvgIpc) is 2.41. The predicted octanol–water partition coefficient (Wildman–Crippen LogP) is 2.30. The Balaban J connectivity index is 1.75. The summed E-state index contributed by atoms with van der Waals surface area (Å²) in [6.07, 6.45) is 0.628. The Hall–Kier alpha value is -1.00. The molecule has 3 nitrogen and oxygen atoms in total. The maximum absolute atomic E-state index is 12.1. The maximum atomic E-state index is 12.1. The predicted molar refractivity (Wildman–Crippen MR) is 80.6 cm³/mol. The first-order chi connectivity index (χ1) is 9.16. The SMILES string of the molecule is Cc1ccc(SCCC(=O)N2CCNC[C@H]2C)cc1. The number of hydrogen-bond donors (Lipinski definition) is 1. The van der Waals surface area contributed by atoms with E-state index in [-0.39, 0.29) is 5.91 Å². The molecule has 104 valence electrons. The van der Waals surface area contributed by atoms with E-state index in [1.807, 2.05) is 4.90 Å². The molecule has 0 aromatic heterocycles. The van der Waals surface area contributed by atoms with Gasteiger partial charge in [0.1, 0.15) is 0 Å². The number of thioether (sulfide) groups is 1. The number of piperazine rings is 1. The summed E-state index contributed by atoms with van der Waals surface area (Å²) in [4.78, 5) is 15.4. The van der Waals surface area contributed by atoms with Crippen molar-refractivity contribution in [2.45, 2.75) is 31.2 Å². The van der Waals surface area contributed by atoms with Gasteiger partial charge in [-0.25, -0.2) is 0 Å². The van der Waals surface area contributed by atoms with Crippen molar-refractivity contribution in [1.82, 2.24) is 10.2 Å². The number of rotatable bonds is 4. The summed E-state index contributed by atoms with van der Waals surface area (Å²) in [5, 5.41) is 3.31. The number of benzene rings is 1. The fraction of sp³-hybridized carbons (Fsp3) is 0.533. The second-order valence-electron chi connectivity index (χ2n) is 5.05. The third-order valence-electron chi connectivity index (χ3n) is 3.43. The van der Waals surface area contributed by atoms with Gasteiger partial charge in [0.15, 0.2) is 0 Å². The Kier molecular flexibility index (Phi) is 5.28. The van der Waals surface area contributed by atoms with Crippen molar-refractivity contribution in [3.05, 3.63) is 29.8 Å². The van der Waals surface area contributed by atoms with Crippen molar-refractivity contribution in [2.24, 2.45) is 0 Å². The summed E-state index contributed by atoms with van der Waals surface area (Å²) >= 11 is 1.76. The molecule has 0 aliphatic carbocycles. The van der Waals surface area contributed by atoms with E-state index >= 15 is 0 Å². The molecule has 0 radical (unpaired) electrons. The lowest BCUT2D eigenvalue weighted by molar-refractivity contribution is -0.133. The van der Waals surface area contributed by atoms with Gasteiger partial charge in [-0.05, 0) is 26.0 Å². The molecule has 1 fully saturated rings. The highest BCUT2D eigenvalue weighted by atomic mass is 32.2. The Bertz CT molecular complexity index is 419. The van der Waals surface area contributed by atoms with Gasteiger partial charge in [0.25, 0.3) is 0 Å². The van der Waals surface area contributed by atoms with Crippen molar-refractivity contribution in [1.29, 1.82) is 0 Å². The van der Waals surface area contributed by atoms with Crippen LogP contribution in [0, 0.1) is 6.92 Å². The quantitative estimate of drug-likeness (QED) is 0.858. The lowest BCUT2D eigenvalue weighted by Crippen LogP contribution is -2.52. The first kappa shape index (κ1) is 14.4. The van der Waals surface area contributed by atoms with Crippen molar-refractivity contribution in [3.8, 4) is 0 Å². The van der Waals surface area contributed by atoms with Crippen LogP contribution in [0.3, 0.4) is 0 Å². The molecule has 0 spiro atoms. The highest BCUT2D eigenvalue weighted by Gasteiger charge is 2.22. The van der Waals surface area contributed by atoms with Crippen LogP contribution in [0.4, 0.5) is 0 Å². The van der Waals surface area contributed by atoms with Crippen molar-refractivity contribution in [3.63, 3.8) is 0 Å². The van der Waals surface area contributed by atoms with Gasteiger partial charge in [0.2, 0.25) is 5.91 Å². The lowest BCUT2D eigenvalue weighted by atomic mass is 10.2. The minimum atomic E-state index is 0.286. The van der Waals surface area contributed by atoms with Crippen LogP contribution >= 0.6 is 11.8 Å². The minimum absolute atomic E-state index is 0.286. The summed E-state index contributed by atoms with van der Waals surface area (Å²) in [7, 11) is 0. The number of hydrogen-bond acceptors (Lipinski definition) is 3. The zero-order chi connectivity index (χ0) is 13.7. The van der Waals surface area contributed by atoms with Gasteiger partial charge in [-0.15, -0.1) is 11.8 Å². The lowest BCUT2D eigenvalue weighted by Gasteiger charge is -2.34. The third-order valence-corrected chi connectivity index (χ3v) is 4.44. The van der Waals surface area contributed by atoms with Crippen LogP contribution in [0.5, 0.6) is 0 Å². The van der Waals surface area contributed by atoms with Crippen LogP contribution in [0.1, 0.15) is 18.9 Å². The molecule has 1 N–H and O–H groups in total. The molecule has 1 aliphatic heterocycles. The molecule has 2 rings (SSSR count). The van der Waals surface area contributed by atoms with E-state index in [2.05, 4.69) is 43.4 Å². The topological polar surface area (TPSA) is 32.3 Å². The first-order valence-electron chi connectivity index (χ1n) is 6.86. The van der Waals surface area contributed by atoms with Crippen molar-refractivity contribution >= 4 is 17.7 Å². The fourth-order valence-corrected chi connectivity index (χ4v) is 3.09. The molecule has 19 heavy (non-hydrogen) atoms. The number of nitrogens with zero attached hydrogens (tertiary/aromatic N) is 1. The zero-order valence-corrected chi connectivity index (χ0v) is 12.5. The Morgan fingerprint density at radius 2 is 2.16 bits per heavy atom. The van der Waals surface area contributed by atoms with E-state index in [1.165, 1.54) is 10.5 Å². The van der Waals surface area contributed by atoms with Crippen LogP contribution in [0.2, 0.25) is 0 Å². The zero-order valence-electron chi connectivity index (χ0n) is 11.7. The van der Waals surface area contributed by atoms with Gasteiger partial charge < -0.3 is 10.2 Å². The van der Waals surface area contributed by atoms with E-state index in [0.29, 0.717) is 12.5 Å². The summed E-state index contributed by atoms with van der Waals surface area (Å²) in [6, 6.07) is 8.80. The van der Waals surface area contributed by atoms with Crippen LogP contribution in [-0.2, 0) is 4.79 Å². The smallest absolute Gasteiger partial charge is 0.223 e. The Labute approximate surface area is 119 Å². The van der Waals surface area contributed by atoms with Crippen molar-refractivity contribution < 1.29 is 4.79 Å². The number of carbonyl (C=O) groups excluding carboxylic acids is 1. The number of carbonyl (C=O) groups is 1. The monoisotopic (exact) mass is 278 g/mol. The first-order valence-corrected chi connectivity index (χ1v) is 7.85. The minimum Gasteiger partial charge on any atom is -0.337 e. The molecule has 0 saturated carbocycles. The third kappa shape index (κ3) is 4.25. The molecule has 1 atom stereocenters. The van der Waals surface area contributed by atoms with E-state index in [1.54, 1.807) is 11.8 Å². The van der Waals surface area contributed by atoms with Gasteiger partial charge in [0.05, 0.1) is 0 Å². The number of aryl methyl sites for hydroxylation is 1. The molecule has 4 heteroatoms. The number of amides is 1. The molecule has 0 bridgehead atoms. The van der Waals surface area contributed by atoms with Gasteiger partial charge in [-0.1, -0.05) is 17.7 Å². The molecular weight excluding hydrogens is 256 g/mol. The van der Waals surface area contributed by atoms with E-state index in [4.69, 9.17) is 0 Å². The Morgan fingerprint density at radius 3 is 2.84 bits per heavy atom. The normalized spacial score (nSPS) is 19.5. The fourth-order valence-electron chi connectivity index (χ4n) is 2.25. The molecule has 1 amide bonds. The van der Waals surface area contributed by atoms with Gasteiger partial charge in [-0.2, -0.15) is 0 Å². The van der Waals surface area contributed by atoms with Crippen molar-refractivity contribution in [2.75, 3.05) is 25.4 Å². The number of nitrogens with one attached hydrogen (secondary N) is 1. The second-order valence-corrected chi connectivity index (χ2v) is 6.22. The highest BCUT2D eigenvalue weighted by molar-refractivity contribution is 7.99. The Morgan fingerprint density at radius 1 is 1.42 bits per heavy atom. The summed E-state index contributed by atoms with van der Waals surface area (Å²) in [6.45, 7) is 6.87. The molecule has 1 aromatic carbocycles. The van der Waals surface area contributed by atoms with Crippen LogP contribution in [-0.4, -0.2) is 42.2 Å². The molecule has 1 heterocycles. The maximum Gasteiger partial charge on any atom is 0.223 e.